The summed E-state index contributed by atoms with van der Waals surface area (Å²) in [5, 5.41) is 5.27. The fourth-order valence-corrected chi connectivity index (χ4v) is 2.50. The predicted molar refractivity (Wildman–Crippen MR) is 77.4 cm³/mol. The summed E-state index contributed by atoms with van der Waals surface area (Å²) in [7, 11) is 0. The Labute approximate surface area is 114 Å². The first-order valence-electron chi connectivity index (χ1n) is 6.70. The number of hydrogen-bond acceptors (Lipinski definition) is 3. The van der Waals surface area contributed by atoms with E-state index >= 15 is 0 Å². The third kappa shape index (κ3) is 2.54. The molecule has 2 aromatic rings. The highest BCUT2D eigenvalue weighted by Gasteiger charge is 2.29. The van der Waals surface area contributed by atoms with Gasteiger partial charge in [-0.2, -0.15) is 0 Å². The van der Waals surface area contributed by atoms with Gasteiger partial charge in [0, 0.05) is 13.1 Å². The second kappa shape index (κ2) is 5.53. The van der Waals surface area contributed by atoms with E-state index < -0.39 is 0 Å². The number of nitrogens with one attached hydrogen (secondary N) is 1. The molecule has 0 amide bonds. The molecular weight excluding hydrogens is 234 g/mol. The van der Waals surface area contributed by atoms with Gasteiger partial charge >= 0.3 is 0 Å². The zero-order valence-corrected chi connectivity index (χ0v) is 10.9. The molecule has 2 aromatic carbocycles. The van der Waals surface area contributed by atoms with Gasteiger partial charge in [-0.05, 0) is 11.1 Å². The van der Waals surface area contributed by atoms with Crippen LogP contribution >= 0.6 is 0 Å². The third-order valence-electron chi connectivity index (χ3n) is 3.71. The predicted octanol–water partition coefficient (Wildman–Crippen LogP) is 1.92. The lowest BCUT2D eigenvalue weighted by Gasteiger charge is -2.40. The third-order valence-corrected chi connectivity index (χ3v) is 3.71. The number of nitrogens with two attached hydrogens (primary N) is 1. The minimum absolute atomic E-state index is 0.120. The average Bonchev–Trinajstić information content (AvgIpc) is 2.39. The van der Waals surface area contributed by atoms with E-state index in [1.807, 2.05) is 17.1 Å². The van der Waals surface area contributed by atoms with Crippen molar-refractivity contribution in [3.05, 3.63) is 71.8 Å². The van der Waals surface area contributed by atoms with Crippen LogP contribution in [0.2, 0.25) is 0 Å². The van der Waals surface area contributed by atoms with Crippen molar-refractivity contribution in [1.82, 2.24) is 10.3 Å². The molecule has 1 saturated heterocycles. The number of hydrazine groups is 1. The van der Waals surface area contributed by atoms with Gasteiger partial charge in [-0.25, -0.2) is 5.01 Å². The van der Waals surface area contributed by atoms with Crippen LogP contribution in [0, 0.1) is 0 Å². The number of nitrogens with zero attached hydrogens (tertiary/aromatic N) is 1. The Balaban J connectivity index is 1.96. The fraction of sp³-hybridized carbons (Fsp3) is 0.250. The SMILES string of the molecule is NN(C1CNC1)C(c1ccccc1)c1ccccc1. The fourth-order valence-electron chi connectivity index (χ4n) is 2.50. The van der Waals surface area contributed by atoms with E-state index in [2.05, 4.69) is 53.8 Å². The van der Waals surface area contributed by atoms with E-state index in [0.717, 1.165) is 13.1 Å². The van der Waals surface area contributed by atoms with E-state index in [-0.39, 0.29) is 6.04 Å². The van der Waals surface area contributed by atoms with Crippen molar-refractivity contribution in [2.75, 3.05) is 13.1 Å². The summed E-state index contributed by atoms with van der Waals surface area (Å²) in [6, 6.07) is 21.4. The molecule has 0 aromatic heterocycles. The van der Waals surface area contributed by atoms with Crippen LogP contribution in [0.3, 0.4) is 0 Å². The molecule has 19 heavy (non-hydrogen) atoms. The molecule has 3 heteroatoms. The lowest BCUT2D eigenvalue weighted by atomic mass is 9.96. The molecule has 1 aliphatic rings. The van der Waals surface area contributed by atoms with Gasteiger partial charge in [0.1, 0.15) is 0 Å². The highest BCUT2D eigenvalue weighted by atomic mass is 15.5. The topological polar surface area (TPSA) is 41.3 Å². The molecule has 0 spiro atoms. The summed E-state index contributed by atoms with van der Waals surface area (Å²) in [5.41, 5.74) is 2.48. The maximum absolute atomic E-state index is 6.38. The number of rotatable bonds is 4. The maximum Gasteiger partial charge on any atom is 0.0744 e. The van der Waals surface area contributed by atoms with Gasteiger partial charge in [0.2, 0.25) is 0 Å². The summed E-state index contributed by atoms with van der Waals surface area (Å²) in [4.78, 5) is 0. The number of hydrogen-bond donors (Lipinski definition) is 2. The van der Waals surface area contributed by atoms with Crippen LogP contribution in [0.15, 0.2) is 60.7 Å². The van der Waals surface area contributed by atoms with Gasteiger partial charge in [-0.15, -0.1) is 0 Å². The largest absolute Gasteiger partial charge is 0.313 e. The maximum atomic E-state index is 6.38. The molecular formula is C16H19N3. The van der Waals surface area contributed by atoms with E-state index in [4.69, 9.17) is 5.84 Å². The molecule has 0 radical (unpaired) electrons. The molecule has 3 nitrogen and oxygen atoms in total. The van der Waals surface area contributed by atoms with E-state index in [0.29, 0.717) is 6.04 Å². The van der Waals surface area contributed by atoms with Crippen LogP contribution in [0.25, 0.3) is 0 Å². The Morgan fingerprint density at radius 1 is 0.895 bits per heavy atom. The molecule has 1 heterocycles. The second-order valence-corrected chi connectivity index (χ2v) is 4.98. The monoisotopic (exact) mass is 253 g/mol. The van der Waals surface area contributed by atoms with Crippen molar-refractivity contribution in [3.63, 3.8) is 0 Å². The van der Waals surface area contributed by atoms with E-state index in [9.17, 15) is 0 Å². The molecule has 98 valence electrons. The molecule has 3 N–H and O–H groups in total. The Morgan fingerprint density at radius 3 is 1.74 bits per heavy atom. The van der Waals surface area contributed by atoms with Crippen LogP contribution in [0.1, 0.15) is 17.2 Å². The minimum Gasteiger partial charge on any atom is -0.313 e. The normalized spacial score (nSPS) is 15.7. The zero-order valence-electron chi connectivity index (χ0n) is 10.9. The quantitative estimate of drug-likeness (QED) is 0.646. The minimum atomic E-state index is 0.120. The number of benzene rings is 2. The van der Waals surface area contributed by atoms with Crippen LogP contribution in [-0.4, -0.2) is 24.1 Å². The second-order valence-electron chi connectivity index (χ2n) is 4.98. The van der Waals surface area contributed by atoms with Crippen molar-refractivity contribution < 1.29 is 0 Å². The lowest BCUT2D eigenvalue weighted by Crippen LogP contribution is -2.60. The lowest BCUT2D eigenvalue weighted by molar-refractivity contribution is 0.114. The molecule has 0 atom stereocenters. The zero-order chi connectivity index (χ0) is 13.1. The Morgan fingerprint density at radius 2 is 1.37 bits per heavy atom. The van der Waals surface area contributed by atoms with Gasteiger partial charge in [0.25, 0.3) is 0 Å². The van der Waals surface area contributed by atoms with Gasteiger partial charge in [0.05, 0.1) is 12.1 Å². The summed E-state index contributed by atoms with van der Waals surface area (Å²) in [5.74, 6) is 6.38. The van der Waals surface area contributed by atoms with Crippen molar-refractivity contribution >= 4 is 0 Å². The summed E-state index contributed by atoms with van der Waals surface area (Å²) >= 11 is 0. The summed E-state index contributed by atoms with van der Waals surface area (Å²) in [6.07, 6.45) is 0. The van der Waals surface area contributed by atoms with Crippen molar-refractivity contribution in [2.45, 2.75) is 12.1 Å². The highest BCUT2D eigenvalue weighted by Crippen LogP contribution is 2.28. The Bertz CT molecular complexity index is 469. The van der Waals surface area contributed by atoms with E-state index in [1.165, 1.54) is 11.1 Å². The van der Waals surface area contributed by atoms with Crippen LogP contribution in [0.5, 0.6) is 0 Å². The summed E-state index contributed by atoms with van der Waals surface area (Å²) < 4.78 is 0. The smallest absolute Gasteiger partial charge is 0.0744 e. The Hall–Kier alpha value is -1.68. The first kappa shape index (κ1) is 12.4. The molecule has 0 bridgehead atoms. The molecule has 1 fully saturated rings. The van der Waals surface area contributed by atoms with Gasteiger partial charge in [-0.1, -0.05) is 60.7 Å². The van der Waals surface area contributed by atoms with Crippen molar-refractivity contribution in [2.24, 2.45) is 5.84 Å². The van der Waals surface area contributed by atoms with Gasteiger partial charge in [0.15, 0.2) is 0 Å². The first-order valence-corrected chi connectivity index (χ1v) is 6.70. The van der Waals surface area contributed by atoms with Crippen LogP contribution in [0.4, 0.5) is 0 Å². The molecule has 0 saturated carbocycles. The molecule has 0 aliphatic carbocycles. The highest BCUT2D eigenvalue weighted by molar-refractivity contribution is 5.31. The van der Waals surface area contributed by atoms with Gasteiger partial charge < -0.3 is 5.32 Å². The molecule has 3 rings (SSSR count). The molecule has 1 aliphatic heterocycles. The first-order chi connectivity index (χ1) is 9.36. The average molecular weight is 253 g/mol. The standard InChI is InChI=1S/C16H19N3/c17-19(15-11-18-12-15)16(13-7-3-1-4-8-13)14-9-5-2-6-10-14/h1-10,15-16,18H,11-12,17H2. The van der Waals surface area contributed by atoms with E-state index in [1.54, 1.807) is 0 Å². The molecule has 0 unspecified atom stereocenters. The van der Waals surface area contributed by atoms with Crippen molar-refractivity contribution in [3.8, 4) is 0 Å². The summed E-state index contributed by atoms with van der Waals surface area (Å²) in [6.45, 7) is 1.93. The Kier molecular flexibility index (Phi) is 3.60. The van der Waals surface area contributed by atoms with Gasteiger partial charge in [-0.3, -0.25) is 5.84 Å². The van der Waals surface area contributed by atoms with Crippen molar-refractivity contribution in [1.29, 1.82) is 0 Å². The van der Waals surface area contributed by atoms with Crippen LogP contribution < -0.4 is 11.2 Å². The van der Waals surface area contributed by atoms with Crippen LogP contribution in [-0.2, 0) is 0 Å².